The van der Waals surface area contributed by atoms with E-state index in [1.54, 1.807) is 20.8 Å². The van der Waals surface area contributed by atoms with Crippen molar-refractivity contribution in [3.63, 3.8) is 0 Å². The summed E-state index contributed by atoms with van der Waals surface area (Å²) in [5.41, 5.74) is 5.04. The monoisotopic (exact) mass is 211 g/mol. The zero-order valence-electron chi connectivity index (χ0n) is 8.38. The molecule has 0 aromatic carbocycles. The molecule has 3 nitrogen and oxygen atoms in total. The molecule has 1 unspecified atom stereocenters. The van der Waals surface area contributed by atoms with Crippen LogP contribution in [-0.2, 0) is 9.84 Å². The van der Waals surface area contributed by atoms with Crippen LogP contribution in [0, 0.1) is 0 Å². The highest BCUT2D eigenvalue weighted by molar-refractivity contribution is 7.92. The van der Waals surface area contributed by atoms with Gasteiger partial charge in [0.1, 0.15) is 6.17 Å². The third-order valence-corrected chi connectivity index (χ3v) is 4.53. The number of rotatable bonds is 4. The standard InChI is InChI=1S/C8H18FNO2S/c1-8(2,3)13(11,12)5-4-7(9)6-10/h7H,4-6,10H2,1-3H3. The molecule has 0 aromatic heterocycles. The Labute approximate surface area is 79.4 Å². The van der Waals surface area contributed by atoms with Crippen molar-refractivity contribution in [2.24, 2.45) is 5.73 Å². The van der Waals surface area contributed by atoms with E-state index in [1.807, 2.05) is 0 Å². The number of alkyl halides is 1. The van der Waals surface area contributed by atoms with E-state index in [4.69, 9.17) is 5.73 Å². The largest absolute Gasteiger partial charge is 0.328 e. The SMILES string of the molecule is CC(C)(C)S(=O)(=O)CCC(F)CN. The third kappa shape index (κ3) is 4.04. The fourth-order valence-electron chi connectivity index (χ4n) is 0.707. The van der Waals surface area contributed by atoms with Crippen molar-refractivity contribution in [1.82, 2.24) is 0 Å². The van der Waals surface area contributed by atoms with E-state index in [0.717, 1.165) is 0 Å². The summed E-state index contributed by atoms with van der Waals surface area (Å²) in [4.78, 5) is 0. The maximum absolute atomic E-state index is 12.7. The van der Waals surface area contributed by atoms with Crippen molar-refractivity contribution >= 4 is 9.84 Å². The first kappa shape index (κ1) is 12.8. The van der Waals surface area contributed by atoms with Crippen molar-refractivity contribution in [3.8, 4) is 0 Å². The molecule has 0 rings (SSSR count). The van der Waals surface area contributed by atoms with Gasteiger partial charge in [0.25, 0.3) is 0 Å². The number of sulfone groups is 1. The van der Waals surface area contributed by atoms with E-state index in [1.165, 1.54) is 0 Å². The predicted molar refractivity (Wildman–Crippen MR) is 52.1 cm³/mol. The van der Waals surface area contributed by atoms with Crippen molar-refractivity contribution < 1.29 is 12.8 Å². The Kier molecular flexibility index (Phi) is 4.32. The molecule has 0 fully saturated rings. The summed E-state index contributed by atoms with van der Waals surface area (Å²) in [5, 5.41) is 0. The summed E-state index contributed by atoms with van der Waals surface area (Å²) in [6.45, 7) is 4.72. The highest BCUT2D eigenvalue weighted by Gasteiger charge is 2.29. The molecule has 13 heavy (non-hydrogen) atoms. The molecule has 0 saturated carbocycles. The molecule has 80 valence electrons. The van der Waals surface area contributed by atoms with E-state index < -0.39 is 20.8 Å². The van der Waals surface area contributed by atoms with Gasteiger partial charge in [-0.2, -0.15) is 0 Å². The van der Waals surface area contributed by atoms with Crippen LogP contribution in [0.15, 0.2) is 0 Å². The van der Waals surface area contributed by atoms with Crippen LogP contribution in [0.4, 0.5) is 4.39 Å². The van der Waals surface area contributed by atoms with Crippen molar-refractivity contribution in [1.29, 1.82) is 0 Å². The molecule has 0 aromatic rings. The lowest BCUT2D eigenvalue weighted by molar-refractivity contribution is 0.333. The number of halogens is 1. The summed E-state index contributed by atoms with van der Waals surface area (Å²) in [7, 11) is -3.20. The lowest BCUT2D eigenvalue weighted by Gasteiger charge is -2.19. The van der Waals surface area contributed by atoms with Crippen molar-refractivity contribution in [2.75, 3.05) is 12.3 Å². The fraction of sp³-hybridized carbons (Fsp3) is 1.00. The fourth-order valence-corrected chi connectivity index (χ4v) is 1.89. The number of nitrogens with two attached hydrogens (primary N) is 1. The highest BCUT2D eigenvalue weighted by atomic mass is 32.2. The van der Waals surface area contributed by atoms with Gasteiger partial charge in [0.05, 0.1) is 10.5 Å². The first-order valence-corrected chi connectivity index (χ1v) is 5.92. The van der Waals surface area contributed by atoms with Gasteiger partial charge in [-0.3, -0.25) is 0 Å². The van der Waals surface area contributed by atoms with Gasteiger partial charge < -0.3 is 5.73 Å². The Morgan fingerprint density at radius 3 is 2.15 bits per heavy atom. The van der Waals surface area contributed by atoms with Gasteiger partial charge >= 0.3 is 0 Å². The first-order valence-electron chi connectivity index (χ1n) is 4.27. The zero-order valence-corrected chi connectivity index (χ0v) is 9.20. The summed E-state index contributed by atoms with van der Waals surface area (Å²) in [6, 6.07) is 0. The van der Waals surface area contributed by atoms with Gasteiger partial charge in [0.15, 0.2) is 9.84 Å². The average Bonchev–Trinajstić information content (AvgIpc) is 1.98. The second-order valence-electron chi connectivity index (χ2n) is 4.05. The van der Waals surface area contributed by atoms with Crippen LogP contribution in [0.3, 0.4) is 0 Å². The predicted octanol–water partition coefficient (Wildman–Crippen LogP) is 0.887. The minimum Gasteiger partial charge on any atom is -0.328 e. The minimum atomic E-state index is -3.20. The van der Waals surface area contributed by atoms with Crippen LogP contribution >= 0.6 is 0 Å². The van der Waals surface area contributed by atoms with Crippen LogP contribution < -0.4 is 5.73 Å². The summed E-state index contributed by atoms with van der Waals surface area (Å²) in [6.07, 6.45) is -1.21. The van der Waals surface area contributed by atoms with E-state index in [0.29, 0.717) is 0 Å². The Balaban J connectivity index is 4.22. The minimum absolute atomic E-state index is 0.00387. The molecule has 0 saturated heterocycles. The molecule has 5 heteroatoms. The molecular formula is C8H18FNO2S. The van der Waals surface area contributed by atoms with E-state index in [9.17, 15) is 12.8 Å². The van der Waals surface area contributed by atoms with Crippen molar-refractivity contribution in [3.05, 3.63) is 0 Å². The van der Waals surface area contributed by atoms with E-state index >= 15 is 0 Å². The van der Waals surface area contributed by atoms with Gasteiger partial charge in [0, 0.05) is 6.54 Å². The first-order chi connectivity index (χ1) is 5.70. The Morgan fingerprint density at radius 1 is 1.38 bits per heavy atom. The lowest BCUT2D eigenvalue weighted by Crippen LogP contribution is -2.32. The lowest BCUT2D eigenvalue weighted by atomic mass is 10.3. The molecule has 1 atom stereocenters. The second-order valence-corrected chi connectivity index (χ2v) is 6.92. The molecule has 0 bridgehead atoms. The molecule has 0 radical (unpaired) electrons. The Morgan fingerprint density at radius 2 is 1.85 bits per heavy atom. The quantitative estimate of drug-likeness (QED) is 0.751. The van der Waals surface area contributed by atoms with Gasteiger partial charge in [-0.1, -0.05) is 0 Å². The van der Waals surface area contributed by atoms with E-state index in [2.05, 4.69) is 0 Å². The summed E-state index contributed by atoms with van der Waals surface area (Å²) >= 11 is 0. The van der Waals surface area contributed by atoms with Crippen LogP contribution in [-0.4, -0.2) is 31.6 Å². The van der Waals surface area contributed by atoms with E-state index in [-0.39, 0.29) is 18.7 Å². The van der Waals surface area contributed by atoms with Gasteiger partial charge in [-0.05, 0) is 27.2 Å². The zero-order chi connectivity index (χ0) is 10.7. The highest BCUT2D eigenvalue weighted by Crippen LogP contribution is 2.17. The number of hydrogen-bond acceptors (Lipinski definition) is 3. The molecule has 0 spiro atoms. The molecule has 2 N–H and O–H groups in total. The molecule has 0 aliphatic heterocycles. The molecule has 0 aliphatic carbocycles. The molecule has 0 amide bonds. The van der Waals surface area contributed by atoms with Crippen LogP contribution in [0.1, 0.15) is 27.2 Å². The third-order valence-electron chi connectivity index (χ3n) is 1.89. The van der Waals surface area contributed by atoms with Crippen LogP contribution in [0.25, 0.3) is 0 Å². The molecule has 0 heterocycles. The summed E-state index contributed by atoms with van der Waals surface area (Å²) < 4.78 is 34.8. The number of hydrogen-bond donors (Lipinski definition) is 1. The molecule has 0 aliphatic rings. The maximum atomic E-state index is 12.7. The Bertz CT molecular complexity index is 243. The topological polar surface area (TPSA) is 60.2 Å². The average molecular weight is 211 g/mol. The Hall–Kier alpha value is -0.160. The smallest absolute Gasteiger partial charge is 0.155 e. The molecular weight excluding hydrogens is 193 g/mol. The second kappa shape index (κ2) is 4.37. The maximum Gasteiger partial charge on any atom is 0.155 e. The van der Waals surface area contributed by atoms with Gasteiger partial charge in [0.2, 0.25) is 0 Å². The van der Waals surface area contributed by atoms with Crippen LogP contribution in [0.5, 0.6) is 0 Å². The van der Waals surface area contributed by atoms with Crippen molar-refractivity contribution in [2.45, 2.75) is 38.1 Å². The van der Waals surface area contributed by atoms with Gasteiger partial charge in [-0.15, -0.1) is 0 Å². The van der Waals surface area contributed by atoms with Gasteiger partial charge in [-0.25, -0.2) is 12.8 Å². The normalized spacial score (nSPS) is 15.8. The summed E-state index contributed by atoms with van der Waals surface area (Å²) in [5.74, 6) is -0.130. The van der Waals surface area contributed by atoms with Crippen LogP contribution in [0.2, 0.25) is 0 Å².